The van der Waals surface area contributed by atoms with Crippen molar-refractivity contribution < 1.29 is 9.18 Å². The molecule has 0 unspecified atom stereocenters. The number of amides is 1. The molecular weight excluding hydrogens is 363 g/mol. The second-order valence-electron chi connectivity index (χ2n) is 8.04. The lowest BCUT2D eigenvalue weighted by atomic mass is 9.85. The molecule has 3 fully saturated rings. The van der Waals surface area contributed by atoms with Gasteiger partial charge < -0.3 is 4.90 Å². The van der Waals surface area contributed by atoms with Crippen LogP contribution < -0.4 is 0 Å². The van der Waals surface area contributed by atoms with Crippen molar-refractivity contribution in [3.05, 3.63) is 70.5 Å². The van der Waals surface area contributed by atoms with E-state index in [1.807, 2.05) is 41.3 Å². The minimum Gasteiger partial charge on any atom is -0.336 e. The summed E-state index contributed by atoms with van der Waals surface area (Å²) in [6.45, 7) is 2.35. The van der Waals surface area contributed by atoms with Crippen LogP contribution in [0, 0.1) is 11.7 Å². The standard InChI is InChI=1S/C22H22ClFN2O/c23-18-4-1-3-15(11-18)13-25-14-17-12-20(16-5-7-19(24)8-6-16)26-10-2-9-22(17,26)21(25)27/h1,3-8,11,17,20H,2,9-10,12-14H2/t17-,20-,22-/m0/s1. The molecule has 3 aliphatic rings. The average Bonchev–Trinajstić information content (AvgIpc) is 3.27. The van der Waals surface area contributed by atoms with Crippen LogP contribution in [0.1, 0.15) is 36.4 Å². The molecule has 0 bridgehead atoms. The fourth-order valence-electron chi connectivity index (χ4n) is 5.57. The Labute approximate surface area is 163 Å². The van der Waals surface area contributed by atoms with Gasteiger partial charge >= 0.3 is 0 Å². The van der Waals surface area contributed by atoms with E-state index in [-0.39, 0.29) is 23.3 Å². The summed E-state index contributed by atoms with van der Waals surface area (Å²) in [6.07, 6.45) is 2.94. The largest absolute Gasteiger partial charge is 0.336 e. The summed E-state index contributed by atoms with van der Waals surface area (Å²) in [6, 6.07) is 14.8. The molecule has 3 saturated heterocycles. The van der Waals surface area contributed by atoms with Crippen molar-refractivity contribution >= 4 is 17.5 Å². The Morgan fingerprint density at radius 1 is 1.19 bits per heavy atom. The molecule has 2 aromatic rings. The Morgan fingerprint density at radius 2 is 2.00 bits per heavy atom. The zero-order valence-electron chi connectivity index (χ0n) is 15.1. The molecule has 140 valence electrons. The van der Waals surface area contributed by atoms with Crippen LogP contribution in [-0.4, -0.2) is 34.3 Å². The lowest BCUT2D eigenvalue weighted by Crippen LogP contribution is -2.49. The van der Waals surface area contributed by atoms with Gasteiger partial charge in [-0.1, -0.05) is 35.9 Å². The monoisotopic (exact) mass is 384 g/mol. The van der Waals surface area contributed by atoms with E-state index >= 15 is 0 Å². The maximum atomic E-state index is 13.5. The minimum atomic E-state index is -0.363. The fraction of sp³-hybridized carbons (Fsp3) is 0.409. The number of carbonyl (C=O) groups is 1. The van der Waals surface area contributed by atoms with Crippen molar-refractivity contribution in [2.45, 2.75) is 37.4 Å². The number of rotatable bonds is 3. The molecule has 0 radical (unpaired) electrons. The van der Waals surface area contributed by atoms with Crippen molar-refractivity contribution in [1.82, 2.24) is 9.80 Å². The third kappa shape index (κ3) is 2.61. The quantitative estimate of drug-likeness (QED) is 0.782. The SMILES string of the molecule is O=C1N(Cc2cccc(Cl)c2)C[C@@H]2C[C@@H](c3ccc(F)cc3)N3CCC[C@@]123. The molecule has 0 saturated carbocycles. The van der Waals surface area contributed by atoms with Crippen LogP contribution in [-0.2, 0) is 11.3 Å². The summed E-state index contributed by atoms with van der Waals surface area (Å²) in [5.74, 6) is 0.383. The van der Waals surface area contributed by atoms with Gasteiger partial charge in [0.25, 0.3) is 0 Å². The smallest absolute Gasteiger partial charge is 0.243 e. The van der Waals surface area contributed by atoms with Gasteiger partial charge in [0, 0.05) is 30.1 Å². The van der Waals surface area contributed by atoms with E-state index in [9.17, 15) is 9.18 Å². The molecule has 5 rings (SSSR count). The topological polar surface area (TPSA) is 23.6 Å². The molecule has 3 heterocycles. The summed E-state index contributed by atoms with van der Waals surface area (Å²) >= 11 is 6.11. The van der Waals surface area contributed by atoms with Crippen LogP contribution in [0.15, 0.2) is 48.5 Å². The maximum absolute atomic E-state index is 13.5. The Bertz CT molecular complexity index is 886. The van der Waals surface area contributed by atoms with Gasteiger partial charge in [0.05, 0.1) is 0 Å². The van der Waals surface area contributed by atoms with Crippen LogP contribution in [0.4, 0.5) is 4.39 Å². The van der Waals surface area contributed by atoms with E-state index in [4.69, 9.17) is 11.6 Å². The first-order chi connectivity index (χ1) is 13.1. The average molecular weight is 385 g/mol. The molecule has 0 aliphatic carbocycles. The van der Waals surface area contributed by atoms with Crippen LogP contribution in [0.5, 0.6) is 0 Å². The van der Waals surface area contributed by atoms with Crippen molar-refractivity contribution in [3.8, 4) is 0 Å². The summed E-state index contributed by atoms with van der Waals surface area (Å²) in [4.78, 5) is 17.9. The zero-order valence-corrected chi connectivity index (χ0v) is 15.8. The van der Waals surface area contributed by atoms with E-state index in [0.29, 0.717) is 17.5 Å². The predicted octanol–water partition coefficient (Wildman–Crippen LogP) is 4.42. The summed E-state index contributed by atoms with van der Waals surface area (Å²) in [7, 11) is 0. The molecule has 27 heavy (non-hydrogen) atoms. The van der Waals surface area contributed by atoms with Crippen LogP contribution in [0.3, 0.4) is 0 Å². The lowest BCUT2D eigenvalue weighted by molar-refractivity contribution is -0.137. The number of likely N-dealkylation sites (tertiary alicyclic amines) is 1. The normalized spacial score (nSPS) is 30.0. The molecule has 5 heteroatoms. The highest BCUT2D eigenvalue weighted by atomic mass is 35.5. The Hall–Kier alpha value is -1.91. The van der Waals surface area contributed by atoms with Gasteiger partial charge in [-0.15, -0.1) is 0 Å². The first-order valence-corrected chi connectivity index (χ1v) is 10.0. The van der Waals surface area contributed by atoms with Crippen molar-refractivity contribution in [2.24, 2.45) is 5.92 Å². The molecule has 0 aromatic heterocycles. The molecular formula is C22H22ClFN2O. The third-order valence-corrected chi connectivity index (χ3v) is 6.88. The number of benzene rings is 2. The highest BCUT2D eigenvalue weighted by molar-refractivity contribution is 6.30. The maximum Gasteiger partial charge on any atom is 0.243 e. The number of halogens is 2. The molecule has 3 nitrogen and oxygen atoms in total. The molecule has 0 N–H and O–H groups in total. The van der Waals surface area contributed by atoms with E-state index in [0.717, 1.165) is 43.5 Å². The fourth-order valence-corrected chi connectivity index (χ4v) is 5.78. The van der Waals surface area contributed by atoms with Gasteiger partial charge in [0.1, 0.15) is 11.4 Å². The van der Waals surface area contributed by atoms with Gasteiger partial charge in [0.2, 0.25) is 5.91 Å². The first-order valence-electron chi connectivity index (χ1n) is 9.64. The van der Waals surface area contributed by atoms with E-state index in [1.165, 1.54) is 12.1 Å². The molecule has 1 amide bonds. The van der Waals surface area contributed by atoms with E-state index < -0.39 is 0 Å². The van der Waals surface area contributed by atoms with Crippen molar-refractivity contribution in [2.75, 3.05) is 13.1 Å². The Balaban J connectivity index is 1.42. The second-order valence-corrected chi connectivity index (χ2v) is 8.47. The third-order valence-electron chi connectivity index (χ3n) is 6.64. The molecule has 3 aliphatic heterocycles. The van der Waals surface area contributed by atoms with Gasteiger partial charge in [-0.25, -0.2) is 4.39 Å². The Morgan fingerprint density at radius 3 is 2.78 bits per heavy atom. The van der Waals surface area contributed by atoms with Crippen LogP contribution >= 0.6 is 11.6 Å². The van der Waals surface area contributed by atoms with E-state index in [1.54, 1.807) is 0 Å². The highest BCUT2D eigenvalue weighted by Crippen LogP contribution is 2.56. The molecule has 2 aromatic carbocycles. The minimum absolute atomic E-state index is 0.211. The van der Waals surface area contributed by atoms with Gasteiger partial charge in [0.15, 0.2) is 0 Å². The highest BCUT2D eigenvalue weighted by Gasteiger charge is 2.64. The van der Waals surface area contributed by atoms with E-state index in [2.05, 4.69) is 4.90 Å². The molecule has 1 spiro atoms. The first kappa shape index (κ1) is 17.2. The van der Waals surface area contributed by atoms with Crippen LogP contribution in [0.25, 0.3) is 0 Å². The van der Waals surface area contributed by atoms with Crippen molar-refractivity contribution in [3.63, 3.8) is 0 Å². The summed E-state index contributed by atoms with van der Waals surface area (Å²) in [5.41, 5.74) is 1.84. The molecule has 3 atom stereocenters. The lowest BCUT2D eigenvalue weighted by Gasteiger charge is -2.33. The predicted molar refractivity (Wildman–Crippen MR) is 103 cm³/mol. The number of hydrogen-bond donors (Lipinski definition) is 0. The zero-order chi connectivity index (χ0) is 18.6. The Kier molecular flexibility index (Phi) is 4.03. The van der Waals surface area contributed by atoms with Crippen LogP contribution in [0.2, 0.25) is 5.02 Å². The summed E-state index contributed by atoms with van der Waals surface area (Å²) in [5, 5.41) is 0.705. The van der Waals surface area contributed by atoms with Gasteiger partial charge in [-0.2, -0.15) is 0 Å². The summed E-state index contributed by atoms with van der Waals surface area (Å²) < 4.78 is 13.3. The number of hydrogen-bond acceptors (Lipinski definition) is 2. The number of nitrogens with zero attached hydrogens (tertiary/aromatic N) is 2. The van der Waals surface area contributed by atoms with Crippen molar-refractivity contribution in [1.29, 1.82) is 0 Å². The van der Waals surface area contributed by atoms with Gasteiger partial charge in [-0.3, -0.25) is 9.69 Å². The van der Waals surface area contributed by atoms with Gasteiger partial charge in [-0.05, 0) is 61.2 Å². The second kappa shape index (κ2) is 6.32. The number of carbonyl (C=O) groups excluding carboxylic acids is 1.